The minimum atomic E-state index is 0.165. The molecule has 124 valence electrons. The lowest BCUT2D eigenvalue weighted by molar-refractivity contribution is -0.129. The Balaban J connectivity index is 1.77. The highest BCUT2D eigenvalue weighted by molar-refractivity contribution is 5.73. The average molecular weight is 315 g/mol. The van der Waals surface area contributed by atoms with Crippen LogP contribution in [0.25, 0.3) is 5.65 Å². The van der Waals surface area contributed by atoms with Crippen LogP contribution in [0.5, 0.6) is 0 Å². The number of hydrogen-bond acceptors (Lipinski definition) is 4. The van der Waals surface area contributed by atoms with Gasteiger partial charge in [0.15, 0.2) is 5.65 Å². The van der Waals surface area contributed by atoms with Crippen molar-refractivity contribution in [1.29, 1.82) is 0 Å². The van der Waals surface area contributed by atoms with Crippen molar-refractivity contribution in [2.75, 3.05) is 26.2 Å². The topological polar surface area (TPSA) is 53.7 Å². The molecule has 1 aliphatic heterocycles. The number of carbonyl (C=O) groups excluding carboxylic acids is 1. The Morgan fingerprint density at radius 1 is 1.30 bits per heavy atom. The first-order chi connectivity index (χ1) is 11.0. The number of rotatable bonds is 3. The van der Waals surface area contributed by atoms with Crippen LogP contribution in [0.3, 0.4) is 0 Å². The van der Waals surface area contributed by atoms with E-state index in [-0.39, 0.29) is 5.91 Å². The summed E-state index contributed by atoms with van der Waals surface area (Å²) in [5.74, 6) is 0.566. The van der Waals surface area contributed by atoms with Crippen LogP contribution in [-0.2, 0) is 11.2 Å². The maximum Gasteiger partial charge on any atom is 0.219 e. The molecule has 0 saturated carbocycles. The largest absolute Gasteiger partial charge is 0.341 e. The number of amides is 1. The van der Waals surface area contributed by atoms with Gasteiger partial charge in [0.25, 0.3) is 0 Å². The third kappa shape index (κ3) is 3.69. The molecular formula is C17H25N5O. The molecule has 1 saturated heterocycles. The van der Waals surface area contributed by atoms with Crippen LogP contribution in [0.4, 0.5) is 0 Å². The molecule has 3 rings (SSSR count). The molecule has 1 unspecified atom stereocenters. The molecule has 3 heterocycles. The van der Waals surface area contributed by atoms with Gasteiger partial charge in [0, 0.05) is 57.7 Å². The lowest BCUT2D eigenvalue weighted by Crippen LogP contribution is -2.36. The van der Waals surface area contributed by atoms with E-state index in [2.05, 4.69) is 28.7 Å². The standard InChI is InChI=1S/C17H25N5O/c1-13(2)20-6-7-21(14(3)23)11-15(10-20)8-16-12-22-5-4-18-17(22)9-19-16/h4-5,9,12-13,15H,6-8,10-11H2,1-3H3. The van der Waals surface area contributed by atoms with Gasteiger partial charge in [0.05, 0.1) is 11.9 Å². The highest BCUT2D eigenvalue weighted by atomic mass is 16.2. The van der Waals surface area contributed by atoms with Gasteiger partial charge in [-0.2, -0.15) is 0 Å². The SMILES string of the molecule is CC(=O)N1CCN(C(C)C)CC(Cc2cn3ccnc3cn2)C1. The third-order valence-electron chi connectivity index (χ3n) is 4.63. The van der Waals surface area contributed by atoms with E-state index in [4.69, 9.17) is 0 Å². The molecule has 6 nitrogen and oxygen atoms in total. The van der Waals surface area contributed by atoms with Gasteiger partial charge in [-0.3, -0.25) is 14.7 Å². The summed E-state index contributed by atoms with van der Waals surface area (Å²) < 4.78 is 2.00. The second-order valence-corrected chi connectivity index (χ2v) is 6.70. The second kappa shape index (κ2) is 6.66. The van der Waals surface area contributed by atoms with Gasteiger partial charge >= 0.3 is 0 Å². The van der Waals surface area contributed by atoms with E-state index in [1.54, 1.807) is 13.1 Å². The number of carbonyl (C=O) groups is 1. The Hall–Kier alpha value is -1.95. The van der Waals surface area contributed by atoms with Crippen molar-refractivity contribution >= 4 is 11.6 Å². The zero-order chi connectivity index (χ0) is 16.4. The molecule has 6 heteroatoms. The fourth-order valence-electron chi connectivity index (χ4n) is 3.29. The zero-order valence-corrected chi connectivity index (χ0v) is 14.1. The summed E-state index contributed by atoms with van der Waals surface area (Å²) in [7, 11) is 0. The van der Waals surface area contributed by atoms with Crippen molar-refractivity contribution in [3.63, 3.8) is 0 Å². The van der Waals surface area contributed by atoms with Crippen molar-refractivity contribution in [3.05, 3.63) is 30.5 Å². The molecule has 23 heavy (non-hydrogen) atoms. The minimum Gasteiger partial charge on any atom is -0.341 e. The minimum absolute atomic E-state index is 0.165. The summed E-state index contributed by atoms with van der Waals surface area (Å²) in [6.45, 7) is 9.68. The van der Waals surface area contributed by atoms with Gasteiger partial charge in [-0.25, -0.2) is 4.98 Å². The van der Waals surface area contributed by atoms with Crippen LogP contribution in [0.1, 0.15) is 26.5 Å². The number of hydrogen-bond donors (Lipinski definition) is 0. The van der Waals surface area contributed by atoms with Crippen LogP contribution in [0.15, 0.2) is 24.8 Å². The van der Waals surface area contributed by atoms with Gasteiger partial charge in [-0.05, 0) is 26.2 Å². The summed E-state index contributed by atoms with van der Waals surface area (Å²) in [5.41, 5.74) is 1.92. The van der Waals surface area contributed by atoms with Crippen LogP contribution in [0, 0.1) is 5.92 Å². The summed E-state index contributed by atoms with van der Waals surface area (Å²) in [5, 5.41) is 0. The molecule has 1 fully saturated rings. The van der Waals surface area contributed by atoms with E-state index in [1.165, 1.54) is 0 Å². The Morgan fingerprint density at radius 2 is 2.13 bits per heavy atom. The molecule has 0 radical (unpaired) electrons. The van der Waals surface area contributed by atoms with Crippen molar-refractivity contribution in [2.45, 2.75) is 33.2 Å². The van der Waals surface area contributed by atoms with Crippen LogP contribution < -0.4 is 0 Å². The third-order valence-corrected chi connectivity index (χ3v) is 4.63. The zero-order valence-electron chi connectivity index (χ0n) is 14.1. The van der Waals surface area contributed by atoms with E-state index in [0.29, 0.717) is 12.0 Å². The second-order valence-electron chi connectivity index (χ2n) is 6.70. The molecule has 0 aliphatic carbocycles. The number of aromatic nitrogens is 3. The van der Waals surface area contributed by atoms with Crippen molar-refractivity contribution in [1.82, 2.24) is 24.2 Å². The predicted molar refractivity (Wildman–Crippen MR) is 89.1 cm³/mol. The smallest absolute Gasteiger partial charge is 0.219 e. The molecule has 2 aromatic heterocycles. The monoisotopic (exact) mass is 315 g/mol. The highest BCUT2D eigenvalue weighted by Crippen LogP contribution is 2.17. The van der Waals surface area contributed by atoms with Crippen molar-refractivity contribution in [3.8, 4) is 0 Å². The molecule has 2 aromatic rings. The summed E-state index contributed by atoms with van der Waals surface area (Å²) in [4.78, 5) is 25.1. The average Bonchev–Trinajstić information content (AvgIpc) is 2.85. The van der Waals surface area contributed by atoms with E-state index < -0.39 is 0 Å². The fourth-order valence-corrected chi connectivity index (χ4v) is 3.29. The Labute approximate surface area is 137 Å². The fraction of sp³-hybridized carbons (Fsp3) is 0.588. The molecular weight excluding hydrogens is 290 g/mol. The number of imidazole rings is 1. The van der Waals surface area contributed by atoms with Gasteiger partial charge in [-0.1, -0.05) is 0 Å². The molecule has 0 spiro atoms. The first-order valence-electron chi connectivity index (χ1n) is 8.30. The summed E-state index contributed by atoms with van der Waals surface area (Å²) in [6.07, 6.45) is 8.46. The predicted octanol–water partition coefficient (Wildman–Crippen LogP) is 1.46. The van der Waals surface area contributed by atoms with Crippen molar-refractivity contribution < 1.29 is 4.79 Å². The summed E-state index contributed by atoms with van der Waals surface area (Å²) >= 11 is 0. The normalized spacial score (nSPS) is 20.2. The maximum absolute atomic E-state index is 11.8. The van der Waals surface area contributed by atoms with Crippen LogP contribution >= 0.6 is 0 Å². The van der Waals surface area contributed by atoms with E-state index in [0.717, 1.165) is 43.9 Å². The molecule has 1 atom stereocenters. The molecule has 1 aliphatic rings. The number of fused-ring (bicyclic) bond motifs is 1. The maximum atomic E-state index is 11.8. The van der Waals surface area contributed by atoms with E-state index in [9.17, 15) is 4.79 Å². The Bertz CT molecular complexity index is 680. The lowest BCUT2D eigenvalue weighted by atomic mass is 10.0. The first kappa shape index (κ1) is 15.9. The van der Waals surface area contributed by atoms with Crippen LogP contribution in [0.2, 0.25) is 0 Å². The molecule has 0 bridgehead atoms. The first-order valence-corrected chi connectivity index (χ1v) is 8.30. The molecule has 0 N–H and O–H groups in total. The highest BCUT2D eigenvalue weighted by Gasteiger charge is 2.26. The van der Waals surface area contributed by atoms with E-state index in [1.807, 2.05) is 27.9 Å². The van der Waals surface area contributed by atoms with E-state index >= 15 is 0 Å². The van der Waals surface area contributed by atoms with Gasteiger partial charge in [0.2, 0.25) is 5.91 Å². The Morgan fingerprint density at radius 3 is 2.87 bits per heavy atom. The Kier molecular flexibility index (Phi) is 4.61. The quantitative estimate of drug-likeness (QED) is 0.860. The van der Waals surface area contributed by atoms with Crippen LogP contribution in [-0.4, -0.2) is 62.3 Å². The lowest BCUT2D eigenvalue weighted by Gasteiger charge is -2.27. The van der Waals surface area contributed by atoms with Gasteiger partial charge < -0.3 is 9.30 Å². The van der Waals surface area contributed by atoms with Crippen molar-refractivity contribution in [2.24, 2.45) is 5.92 Å². The van der Waals surface area contributed by atoms with Gasteiger partial charge in [-0.15, -0.1) is 0 Å². The number of nitrogens with zero attached hydrogens (tertiary/aromatic N) is 5. The summed E-state index contributed by atoms with van der Waals surface area (Å²) in [6, 6.07) is 0.494. The van der Waals surface area contributed by atoms with Gasteiger partial charge in [0.1, 0.15) is 0 Å². The molecule has 0 aromatic carbocycles. The molecule has 1 amide bonds.